The summed E-state index contributed by atoms with van der Waals surface area (Å²) >= 11 is 0. The van der Waals surface area contributed by atoms with Gasteiger partial charge in [-0.2, -0.15) is 0 Å². The van der Waals surface area contributed by atoms with Gasteiger partial charge in [0.2, 0.25) is 0 Å². The third kappa shape index (κ3) is 5.09. The fraction of sp³-hybridized carbons (Fsp3) is 0.0333. The number of ether oxygens (including phenoxy) is 1. The number of allylic oxidation sites excluding steroid dienone is 1. The Kier molecular flexibility index (Phi) is 6.31. The fourth-order valence-corrected chi connectivity index (χ4v) is 3.76. The van der Waals surface area contributed by atoms with Crippen LogP contribution in [0.15, 0.2) is 109 Å². The molecule has 5 aromatic rings. The van der Waals surface area contributed by atoms with E-state index in [0.717, 1.165) is 33.5 Å². The molecule has 0 unspecified atom stereocenters. The van der Waals surface area contributed by atoms with Crippen molar-refractivity contribution in [2.75, 3.05) is 12.4 Å². The number of hydrogen-bond acceptors (Lipinski definition) is 5. The van der Waals surface area contributed by atoms with Crippen LogP contribution in [0, 0.1) is 0 Å². The summed E-state index contributed by atoms with van der Waals surface area (Å²) in [6.45, 7) is 0. The minimum atomic E-state index is -0.0711. The lowest BCUT2D eigenvalue weighted by atomic mass is 10.1. The van der Waals surface area contributed by atoms with Gasteiger partial charge in [0.25, 0.3) is 0 Å². The molecule has 1 heterocycles. The maximum absolute atomic E-state index is 12.7. The highest BCUT2D eigenvalue weighted by Crippen LogP contribution is 2.27. The van der Waals surface area contributed by atoms with Gasteiger partial charge in [0, 0.05) is 22.2 Å². The highest BCUT2D eigenvalue weighted by molar-refractivity contribution is 6.07. The number of aromatic nitrogens is 2. The van der Waals surface area contributed by atoms with Gasteiger partial charge in [0.05, 0.1) is 12.6 Å². The molecule has 0 amide bonds. The molecule has 0 radical (unpaired) electrons. The maximum atomic E-state index is 12.7. The number of fused-ring (bicyclic) bond motifs is 1. The molecule has 0 aliphatic rings. The molecule has 170 valence electrons. The zero-order valence-electron chi connectivity index (χ0n) is 19.2. The summed E-state index contributed by atoms with van der Waals surface area (Å²) in [5, 5.41) is 4.32. The molecule has 5 heteroatoms. The van der Waals surface area contributed by atoms with Crippen molar-refractivity contribution in [3.8, 4) is 17.1 Å². The topological polar surface area (TPSA) is 64.1 Å². The minimum Gasteiger partial charge on any atom is -0.497 e. The van der Waals surface area contributed by atoms with E-state index in [-0.39, 0.29) is 5.78 Å². The van der Waals surface area contributed by atoms with Crippen molar-refractivity contribution in [2.45, 2.75) is 0 Å². The Morgan fingerprint density at radius 2 is 1.60 bits per heavy atom. The number of hydrogen-bond donors (Lipinski definition) is 1. The number of carbonyl (C=O) groups is 1. The van der Waals surface area contributed by atoms with E-state index in [1.165, 1.54) is 0 Å². The number of benzene rings is 4. The van der Waals surface area contributed by atoms with Crippen LogP contribution in [0.4, 0.5) is 11.5 Å². The van der Waals surface area contributed by atoms with Crippen molar-refractivity contribution < 1.29 is 9.53 Å². The molecule has 0 atom stereocenters. The van der Waals surface area contributed by atoms with Gasteiger partial charge >= 0.3 is 0 Å². The van der Waals surface area contributed by atoms with E-state index in [2.05, 4.69) is 5.32 Å². The molecule has 0 bridgehead atoms. The Morgan fingerprint density at radius 3 is 2.40 bits per heavy atom. The number of para-hydroxylation sites is 1. The molecule has 1 N–H and O–H groups in total. The Morgan fingerprint density at radius 1 is 0.829 bits per heavy atom. The van der Waals surface area contributed by atoms with E-state index in [4.69, 9.17) is 14.7 Å². The first-order valence-corrected chi connectivity index (χ1v) is 11.3. The Hall–Kier alpha value is -4.77. The molecule has 0 spiro atoms. The molecule has 35 heavy (non-hydrogen) atoms. The second-order valence-corrected chi connectivity index (χ2v) is 7.96. The van der Waals surface area contributed by atoms with Crippen LogP contribution in [0.2, 0.25) is 0 Å². The van der Waals surface area contributed by atoms with Gasteiger partial charge in [-0.1, -0.05) is 60.7 Å². The van der Waals surface area contributed by atoms with Crippen LogP contribution >= 0.6 is 0 Å². The van der Waals surface area contributed by atoms with Crippen LogP contribution in [0.5, 0.6) is 5.75 Å². The van der Waals surface area contributed by atoms with Crippen LogP contribution in [-0.4, -0.2) is 22.9 Å². The Labute approximate surface area is 203 Å². The summed E-state index contributed by atoms with van der Waals surface area (Å²) in [6, 6.07) is 32.8. The lowest BCUT2D eigenvalue weighted by Crippen LogP contribution is -2.00. The molecule has 0 aliphatic carbocycles. The summed E-state index contributed by atoms with van der Waals surface area (Å²) in [6.07, 6.45) is 3.36. The normalized spacial score (nSPS) is 11.0. The number of ketones is 1. The third-order valence-electron chi connectivity index (χ3n) is 5.59. The van der Waals surface area contributed by atoms with Crippen LogP contribution in [-0.2, 0) is 0 Å². The quantitative estimate of drug-likeness (QED) is 0.212. The SMILES string of the molecule is COc1cccc(/C=C/C(=O)c2ccc(Nc3nc(-c4ccccc4)nc4ccccc34)cc2)c1. The summed E-state index contributed by atoms with van der Waals surface area (Å²) in [4.78, 5) is 22.2. The highest BCUT2D eigenvalue weighted by Gasteiger charge is 2.10. The fourth-order valence-electron chi connectivity index (χ4n) is 3.76. The molecular formula is C30H23N3O2. The van der Waals surface area contributed by atoms with Gasteiger partial charge < -0.3 is 10.1 Å². The zero-order chi connectivity index (χ0) is 24.0. The molecule has 0 saturated heterocycles. The molecule has 5 nitrogen and oxygen atoms in total. The van der Waals surface area contributed by atoms with Crippen molar-refractivity contribution >= 4 is 34.3 Å². The minimum absolute atomic E-state index is 0.0711. The molecule has 5 rings (SSSR count). The first-order chi connectivity index (χ1) is 17.2. The Balaban J connectivity index is 1.38. The van der Waals surface area contributed by atoms with Crippen molar-refractivity contribution in [3.05, 3.63) is 120 Å². The van der Waals surface area contributed by atoms with E-state index in [0.29, 0.717) is 17.2 Å². The molecule has 1 aromatic heterocycles. The predicted octanol–water partition coefficient (Wildman–Crippen LogP) is 6.95. The monoisotopic (exact) mass is 457 g/mol. The summed E-state index contributed by atoms with van der Waals surface area (Å²) in [5.74, 6) is 2.05. The van der Waals surface area contributed by atoms with Crippen molar-refractivity contribution in [1.82, 2.24) is 9.97 Å². The van der Waals surface area contributed by atoms with Gasteiger partial charge in [-0.25, -0.2) is 9.97 Å². The van der Waals surface area contributed by atoms with Crippen molar-refractivity contribution in [1.29, 1.82) is 0 Å². The third-order valence-corrected chi connectivity index (χ3v) is 5.59. The maximum Gasteiger partial charge on any atom is 0.185 e. The zero-order valence-corrected chi connectivity index (χ0v) is 19.2. The average Bonchev–Trinajstić information content (AvgIpc) is 2.92. The Bertz CT molecular complexity index is 1510. The molecule has 0 aliphatic heterocycles. The second kappa shape index (κ2) is 10.0. The van der Waals surface area contributed by atoms with Crippen LogP contribution in [0.3, 0.4) is 0 Å². The van der Waals surface area contributed by atoms with Crippen molar-refractivity contribution in [2.24, 2.45) is 0 Å². The first kappa shape index (κ1) is 22.0. The van der Waals surface area contributed by atoms with Gasteiger partial charge in [-0.05, 0) is 60.2 Å². The number of nitrogens with zero attached hydrogens (tertiary/aromatic N) is 2. The van der Waals surface area contributed by atoms with Crippen LogP contribution < -0.4 is 10.1 Å². The van der Waals surface area contributed by atoms with E-state index in [9.17, 15) is 4.79 Å². The first-order valence-electron chi connectivity index (χ1n) is 11.3. The molecule has 0 fully saturated rings. The number of rotatable bonds is 7. The molecule has 4 aromatic carbocycles. The number of carbonyl (C=O) groups excluding carboxylic acids is 1. The van der Waals surface area contributed by atoms with Gasteiger partial charge in [-0.3, -0.25) is 4.79 Å². The number of anilines is 2. The van der Waals surface area contributed by atoms with Gasteiger partial charge in [0.1, 0.15) is 11.6 Å². The lowest BCUT2D eigenvalue weighted by Gasteiger charge is -2.11. The standard InChI is InChI=1S/C30H23N3O2/c1-35-25-11-7-8-21(20-25)14-19-28(34)22-15-17-24(18-16-22)31-30-26-12-5-6-13-27(26)32-29(33-30)23-9-3-2-4-10-23/h2-20H,1H3,(H,31,32,33)/b19-14+. The van der Waals surface area contributed by atoms with Gasteiger partial charge in [-0.15, -0.1) is 0 Å². The lowest BCUT2D eigenvalue weighted by molar-refractivity contribution is 0.104. The number of methoxy groups -OCH3 is 1. The second-order valence-electron chi connectivity index (χ2n) is 7.96. The molecule has 0 saturated carbocycles. The van der Waals surface area contributed by atoms with E-state index >= 15 is 0 Å². The molecular weight excluding hydrogens is 434 g/mol. The van der Waals surface area contributed by atoms with Crippen LogP contribution in [0.1, 0.15) is 15.9 Å². The van der Waals surface area contributed by atoms with Crippen molar-refractivity contribution in [3.63, 3.8) is 0 Å². The largest absolute Gasteiger partial charge is 0.497 e. The highest BCUT2D eigenvalue weighted by atomic mass is 16.5. The van der Waals surface area contributed by atoms with Gasteiger partial charge in [0.15, 0.2) is 11.6 Å². The van der Waals surface area contributed by atoms with E-state index in [1.54, 1.807) is 19.3 Å². The smallest absolute Gasteiger partial charge is 0.185 e. The number of nitrogens with one attached hydrogen (secondary N) is 1. The van der Waals surface area contributed by atoms with E-state index < -0.39 is 0 Å². The summed E-state index contributed by atoms with van der Waals surface area (Å²) in [7, 11) is 1.62. The summed E-state index contributed by atoms with van der Waals surface area (Å²) < 4.78 is 5.23. The summed E-state index contributed by atoms with van der Waals surface area (Å²) in [5.41, 5.74) is 4.15. The predicted molar refractivity (Wildman–Crippen MR) is 141 cm³/mol. The van der Waals surface area contributed by atoms with E-state index in [1.807, 2.05) is 103 Å². The van der Waals surface area contributed by atoms with Crippen LogP contribution in [0.25, 0.3) is 28.4 Å². The average molecular weight is 458 g/mol.